The van der Waals surface area contributed by atoms with Crippen molar-refractivity contribution in [1.29, 1.82) is 0 Å². The maximum absolute atomic E-state index is 13.4. The number of carbonyl (C=O) groups is 1. The summed E-state index contributed by atoms with van der Waals surface area (Å²) in [6, 6.07) is 2.69. The summed E-state index contributed by atoms with van der Waals surface area (Å²) in [5, 5.41) is 3.13. The lowest BCUT2D eigenvalue weighted by atomic mass is 9.87. The van der Waals surface area contributed by atoms with Crippen LogP contribution in [0.5, 0.6) is 0 Å². The molecule has 6 nitrogen and oxygen atoms in total. The number of aryl methyl sites for hydroxylation is 1. The average molecular weight is 472 g/mol. The maximum atomic E-state index is 13.4. The van der Waals surface area contributed by atoms with Crippen molar-refractivity contribution in [2.75, 3.05) is 11.9 Å². The van der Waals surface area contributed by atoms with Crippen LogP contribution in [-0.2, 0) is 5.41 Å². The molecule has 0 radical (unpaired) electrons. The molecule has 2 aromatic rings. The molecule has 2 aromatic heterocycles. The molecular weight excluding hydrogens is 447 g/mol. The molecular formula is C20H24F3N5OS2. The molecule has 11 heteroatoms. The Balaban J connectivity index is 1.86. The van der Waals surface area contributed by atoms with Crippen LogP contribution in [0, 0.1) is 6.92 Å². The van der Waals surface area contributed by atoms with Gasteiger partial charge in [0.25, 0.3) is 0 Å². The molecule has 2 amide bonds. The number of hydrogen-bond acceptors (Lipinski definition) is 5. The summed E-state index contributed by atoms with van der Waals surface area (Å²) in [7, 11) is 0. The number of nitrogens with one attached hydrogen (secondary N) is 1. The van der Waals surface area contributed by atoms with Gasteiger partial charge in [0.2, 0.25) is 0 Å². The van der Waals surface area contributed by atoms with E-state index in [-0.39, 0.29) is 16.7 Å². The van der Waals surface area contributed by atoms with Crippen molar-refractivity contribution in [3.63, 3.8) is 0 Å². The number of pyridine rings is 1. The minimum atomic E-state index is -4.44. The van der Waals surface area contributed by atoms with E-state index in [0.29, 0.717) is 34.2 Å². The molecule has 1 aliphatic rings. The number of alkyl halides is 3. The van der Waals surface area contributed by atoms with Crippen molar-refractivity contribution >= 4 is 39.7 Å². The Bertz CT molecular complexity index is 1020. The number of nitrogens with zero attached hydrogens (tertiary/aromatic N) is 3. The predicted octanol–water partition coefficient (Wildman–Crippen LogP) is 5.03. The molecule has 1 fully saturated rings. The minimum absolute atomic E-state index is 0.0832. The second-order valence-corrected chi connectivity index (χ2v) is 9.75. The number of nitrogens with two attached hydrogens (primary N) is 1. The average Bonchev–Trinajstić information content (AvgIpc) is 3.24. The van der Waals surface area contributed by atoms with Gasteiger partial charge in [0.15, 0.2) is 5.13 Å². The number of hydrogen-bond donors (Lipinski definition) is 2. The Morgan fingerprint density at radius 3 is 2.68 bits per heavy atom. The highest BCUT2D eigenvalue weighted by Gasteiger charge is 2.49. The fourth-order valence-electron chi connectivity index (χ4n) is 3.48. The Hall–Kier alpha value is -2.27. The minimum Gasteiger partial charge on any atom is -0.391 e. The van der Waals surface area contributed by atoms with Crippen molar-refractivity contribution in [1.82, 2.24) is 14.9 Å². The number of thiocarbonyl (C=S) groups is 1. The molecule has 0 bridgehead atoms. The van der Waals surface area contributed by atoms with Gasteiger partial charge in [-0.05, 0) is 58.2 Å². The SMILES string of the molecule is Cc1nc(NC(=O)N2CCC[C@@]2(C)C(N)=S)sc1-c1ccnc(C(C)(C)C(F)(F)F)c1. The molecule has 168 valence electrons. The summed E-state index contributed by atoms with van der Waals surface area (Å²) in [4.78, 5) is 23.7. The van der Waals surface area contributed by atoms with Crippen molar-refractivity contribution < 1.29 is 18.0 Å². The fraction of sp³-hybridized carbons (Fsp3) is 0.500. The van der Waals surface area contributed by atoms with Crippen LogP contribution in [-0.4, -0.2) is 44.1 Å². The second-order valence-electron chi connectivity index (χ2n) is 8.31. The van der Waals surface area contributed by atoms with E-state index >= 15 is 0 Å². The summed E-state index contributed by atoms with van der Waals surface area (Å²) >= 11 is 6.34. The maximum Gasteiger partial charge on any atom is 0.399 e. The number of carbonyl (C=O) groups excluding carboxylic acids is 1. The van der Waals surface area contributed by atoms with Crippen LogP contribution in [0.4, 0.5) is 23.1 Å². The van der Waals surface area contributed by atoms with E-state index in [9.17, 15) is 18.0 Å². The van der Waals surface area contributed by atoms with Crippen LogP contribution in [0.25, 0.3) is 10.4 Å². The standard InChI is InChI=1S/C20H24F3N5OS2/c1-11-14(12-6-8-25-13(10-12)18(2,3)20(21,22)23)31-16(26-11)27-17(29)28-9-5-7-19(28,4)15(24)30/h6,8,10H,5,7,9H2,1-4H3,(H2,24,30)(H,26,27,29)/t19-/m0/s1. The molecule has 1 atom stereocenters. The molecule has 3 rings (SSSR count). The van der Waals surface area contributed by atoms with Gasteiger partial charge < -0.3 is 10.6 Å². The lowest BCUT2D eigenvalue weighted by Crippen LogP contribution is -2.54. The third kappa shape index (κ3) is 4.25. The number of anilines is 1. The largest absolute Gasteiger partial charge is 0.399 e. The second kappa shape index (κ2) is 8.01. The van der Waals surface area contributed by atoms with Crippen molar-refractivity contribution in [3.05, 3.63) is 29.7 Å². The molecule has 0 aromatic carbocycles. The number of halogens is 3. The van der Waals surface area contributed by atoms with Crippen LogP contribution < -0.4 is 11.1 Å². The van der Waals surface area contributed by atoms with E-state index in [2.05, 4.69) is 15.3 Å². The van der Waals surface area contributed by atoms with E-state index in [1.165, 1.54) is 23.6 Å². The van der Waals surface area contributed by atoms with E-state index < -0.39 is 17.1 Å². The number of amides is 2. The lowest BCUT2D eigenvalue weighted by molar-refractivity contribution is -0.181. The van der Waals surface area contributed by atoms with Gasteiger partial charge >= 0.3 is 12.2 Å². The first-order chi connectivity index (χ1) is 14.3. The van der Waals surface area contributed by atoms with Gasteiger partial charge in [0.1, 0.15) is 5.41 Å². The van der Waals surface area contributed by atoms with E-state index in [1.807, 2.05) is 6.92 Å². The third-order valence-corrected chi connectivity index (χ3v) is 7.36. The Morgan fingerprint density at radius 1 is 1.39 bits per heavy atom. The molecule has 1 saturated heterocycles. The van der Waals surface area contributed by atoms with Crippen LogP contribution in [0.3, 0.4) is 0 Å². The highest BCUT2D eigenvalue weighted by atomic mass is 32.1. The summed E-state index contributed by atoms with van der Waals surface area (Å²) in [6.45, 7) is 6.29. The zero-order chi connectivity index (χ0) is 23.2. The molecule has 3 heterocycles. The smallest absolute Gasteiger partial charge is 0.391 e. The van der Waals surface area contributed by atoms with Gasteiger partial charge in [-0.25, -0.2) is 9.78 Å². The molecule has 31 heavy (non-hydrogen) atoms. The van der Waals surface area contributed by atoms with Crippen molar-refractivity contribution in [2.24, 2.45) is 5.73 Å². The van der Waals surface area contributed by atoms with Gasteiger partial charge in [-0.1, -0.05) is 23.6 Å². The van der Waals surface area contributed by atoms with Gasteiger partial charge in [-0.2, -0.15) is 13.2 Å². The molecule has 0 aliphatic carbocycles. The van der Waals surface area contributed by atoms with Crippen LogP contribution >= 0.6 is 23.6 Å². The predicted molar refractivity (Wildman–Crippen MR) is 119 cm³/mol. The van der Waals surface area contributed by atoms with Gasteiger partial charge in [0, 0.05) is 12.7 Å². The van der Waals surface area contributed by atoms with E-state index in [1.54, 1.807) is 17.9 Å². The summed E-state index contributed by atoms with van der Waals surface area (Å²) in [5.41, 5.74) is 4.13. The molecule has 0 saturated carbocycles. The van der Waals surface area contributed by atoms with Crippen LogP contribution in [0.1, 0.15) is 45.0 Å². The summed E-state index contributed by atoms with van der Waals surface area (Å²) < 4.78 is 40.3. The highest BCUT2D eigenvalue weighted by molar-refractivity contribution is 7.80. The van der Waals surface area contributed by atoms with Crippen LogP contribution in [0.15, 0.2) is 18.3 Å². The number of thiazole rings is 1. The zero-order valence-electron chi connectivity index (χ0n) is 17.6. The number of likely N-dealkylation sites (tertiary alicyclic amines) is 1. The van der Waals surface area contributed by atoms with Gasteiger partial charge in [-0.3, -0.25) is 10.3 Å². The normalized spacial score (nSPS) is 19.5. The molecule has 0 spiro atoms. The Morgan fingerprint density at radius 2 is 2.06 bits per heavy atom. The highest BCUT2D eigenvalue weighted by Crippen LogP contribution is 2.41. The monoisotopic (exact) mass is 471 g/mol. The van der Waals surface area contributed by atoms with E-state index in [4.69, 9.17) is 18.0 Å². The van der Waals surface area contributed by atoms with Crippen molar-refractivity contribution in [3.8, 4) is 10.4 Å². The third-order valence-electron chi connectivity index (χ3n) is 5.80. The number of rotatable bonds is 4. The van der Waals surface area contributed by atoms with Gasteiger partial charge in [0.05, 0.1) is 26.8 Å². The Kier molecular flexibility index (Phi) is 6.05. The zero-order valence-corrected chi connectivity index (χ0v) is 19.3. The molecule has 1 aliphatic heterocycles. The van der Waals surface area contributed by atoms with Crippen molar-refractivity contribution in [2.45, 2.75) is 57.7 Å². The number of aromatic nitrogens is 2. The first-order valence-corrected chi connectivity index (χ1v) is 10.9. The summed E-state index contributed by atoms with van der Waals surface area (Å²) in [6.07, 6.45) is -1.61. The molecule has 3 N–H and O–H groups in total. The summed E-state index contributed by atoms with van der Waals surface area (Å²) in [5.74, 6) is 0. The first kappa shape index (κ1) is 23.4. The fourth-order valence-corrected chi connectivity index (χ4v) is 4.65. The van der Waals surface area contributed by atoms with Gasteiger partial charge in [-0.15, -0.1) is 0 Å². The quantitative estimate of drug-likeness (QED) is 0.612. The van der Waals surface area contributed by atoms with E-state index in [0.717, 1.165) is 20.3 Å². The topological polar surface area (TPSA) is 84.1 Å². The van der Waals surface area contributed by atoms with Crippen LogP contribution in [0.2, 0.25) is 0 Å². The molecule has 0 unspecified atom stereocenters. The number of urea groups is 1. The Labute approximate surface area is 188 Å². The lowest BCUT2D eigenvalue weighted by Gasteiger charge is -2.33. The first-order valence-electron chi connectivity index (χ1n) is 9.67.